The molecule has 35 heavy (non-hydrogen) atoms. The van der Waals surface area contributed by atoms with Crippen molar-refractivity contribution in [2.45, 2.75) is 0 Å². The van der Waals surface area contributed by atoms with E-state index < -0.39 is 0 Å². The predicted octanol–water partition coefficient (Wildman–Crippen LogP) is 5.31. The van der Waals surface area contributed by atoms with Crippen LogP contribution in [-0.2, 0) is 0 Å². The van der Waals surface area contributed by atoms with Gasteiger partial charge in [0, 0.05) is 28.5 Å². The molecule has 0 radical (unpaired) electrons. The molecule has 0 aliphatic heterocycles. The molecule has 176 valence electrons. The Kier molecular flexibility index (Phi) is 8.00. The fourth-order valence-corrected chi connectivity index (χ4v) is 3.20. The largest absolute Gasteiger partial charge is 0.395 e. The van der Waals surface area contributed by atoms with E-state index in [1.54, 1.807) is 48.6 Å². The van der Waals surface area contributed by atoms with Gasteiger partial charge in [0.05, 0.1) is 6.61 Å². The molecule has 0 amide bonds. The third-order valence-corrected chi connectivity index (χ3v) is 5.03. The van der Waals surface area contributed by atoms with Crippen LogP contribution in [-0.4, -0.2) is 39.0 Å². The monoisotopic (exact) mass is 486 g/mol. The zero-order valence-corrected chi connectivity index (χ0v) is 19.4. The van der Waals surface area contributed by atoms with E-state index in [9.17, 15) is 4.79 Å². The van der Waals surface area contributed by atoms with Crippen molar-refractivity contribution in [1.82, 2.24) is 15.0 Å². The van der Waals surface area contributed by atoms with Gasteiger partial charge in [-0.1, -0.05) is 48.0 Å². The number of ketones is 1. The number of carbonyl (C=O) groups is 1. The van der Waals surface area contributed by atoms with Crippen molar-refractivity contribution >= 4 is 52.7 Å². The summed E-state index contributed by atoms with van der Waals surface area (Å²) in [5.41, 5.74) is 2.98. The van der Waals surface area contributed by atoms with Gasteiger partial charge in [0.25, 0.3) is 0 Å². The van der Waals surface area contributed by atoms with E-state index in [1.807, 2.05) is 42.5 Å². The minimum absolute atomic E-state index is 0.0669. The summed E-state index contributed by atoms with van der Waals surface area (Å²) in [4.78, 5) is 25.6. The lowest BCUT2D eigenvalue weighted by Crippen LogP contribution is -2.12. The zero-order chi connectivity index (χ0) is 24.5. The number of rotatable bonds is 10. The van der Waals surface area contributed by atoms with Crippen molar-refractivity contribution in [2.75, 3.05) is 29.1 Å². The zero-order valence-electron chi connectivity index (χ0n) is 18.6. The lowest BCUT2D eigenvalue weighted by molar-refractivity contribution is 0.104. The maximum Gasteiger partial charge on any atom is 0.233 e. The number of hydrogen-bond acceptors (Lipinski definition) is 8. The van der Waals surface area contributed by atoms with E-state index in [0.717, 1.165) is 11.3 Å². The smallest absolute Gasteiger partial charge is 0.233 e. The maximum atomic E-state index is 12.5. The number of hydrogen-bond donors (Lipinski definition) is 4. The number of aliphatic hydroxyl groups excluding tert-OH is 1. The Hall–Kier alpha value is -4.27. The summed E-state index contributed by atoms with van der Waals surface area (Å²) in [6.45, 7) is 0.222. The number of aromatic nitrogens is 3. The van der Waals surface area contributed by atoms with Crippen molar-refractivity contribution in [2.24, 2.45) is 0 Å². The van der Waals surface area contributed by atoms with Crippen LogP contribution in [0.25, 0.3) is 6.08 Å². The predicted molar refractivity (Wildman–Crippen MR) is 140 cm³/mol. The second-order valence-corrected chi connectivity index (χ2v) is 7.84. The lowest BCUT2D eigenvalue weighted by atomic mass is 10.1. The van der Waals surface area contributed by atoms with Crippen LogP contribution < -0.4 is 16.0 Å². The van der Waals surface area contributed by atoms with Crippen molar-refractivity contribution in [3.8, 4) is 0 Å². The minimum Gasteiger partial charge on any atom is -0.395 e. The first-order chi connectivity index (χ1) is 17.1. The molecule has 1 heterocycles. The molecule has 0 unspecified atom stereocenters. The van der Waals surface area contributed by atoms with Crippen molar-refractivity contribution in [3.63, 3.8) is 0 Å². The minimum atomic E-state index is -0.0921. The highest BCUT2D eigenvalue weighted by atomic mass is 35.5. The van der Waals surface area contributed by atoms with Crippen LogP contribution in [0.4, 0.5) is 29.2 Å². The first kappa shape index (κ1) is 23.9. The van der Waals surface area contributed by atoms with E-state index >= 15 is 0 Å². The molecule has 0 saturated carbocycles. The standard InChI is InChI=1S/C26H23ClN6O2/c27-20-9-13-22(14-10-20)30-26-32-24(28-16-17-34)31-25(33-26)29-21-11-7-19(8-12-21)23(35)15-6-18-4-2-1-3-5-18/h1-15,34H,16-17H2,(H3,28,29,30,31,32,33)/b15-6+. The summed E-state index contributed by atoms with van der Waals surface area (Å²) in [5, 5.41) is 18.9. The van der Waals surface area contributed by atoms with Crippen molar-refractivity contribution in [1.29, 1.82) is 0 Å². The number of benzene rings is 3. The summed E-state index contributed by atoms with van der Waals surface area (Å²) in [6.07, 6.45) is 3.34. The molecule has 0 atom stereocenters. The molecule has 4 aromatic rings. The van der Waals surface area contributed by atoms with Crippen molar-refractivity contribution in [3.05, 3.63) is 101 Å². The van der Waals surface area contributed by atoms with E-state index in [4.69, 9.17) is 16.7 Å². The number of nitrogens with one attached hydrogen (secondary N) is 3. The van der Waals surface area contributed by atoms with Gasteiger partial charge in [0.2, 0.25) is 17.8 Å². The molecule has 4 N–H and O–H groups in total. The molecule has 0 aliphatic carbocycles. The molecule has 3 aromatic carbocycles. The van der Waals surface area contributed by atoms with E-state index in [2.05, 4.69) is 30.9 Å². The van der Waals surface area contributed by atoms with Crippen LogP contribution >= 0.6 is 11.6 Å². The first-order valence-electron chi connectivity index (χ1n) is 10.9. The van der Waals surface area contributed by atoms with E-state index in [1.165, 1.54) is 0 Å². The maximum absolute atomic E-state index is 12.5. The Morgan fingerprint density at radius 3 is 1.97 bits per heavy atom. The SMILES string of the molecule is O=C(/C=C/c1ccccc1)c1ccc(Nc2nc(NCCO)nc(Nc3ccc(Cl)cc3)n2)cc1. The van der Waals surface area contributed by atoms with Crippen LogP contribution in [0.2, 0.25) is 5.02 Å². The summed E-state index contributed by atoms with van der Waals surface area (Å²) >= 11 is 5.95. The van der Waals surface area contributed by atoms with Gasteiger partial charge in [-0.05, 0) is 60.2 Å². The molecule has 8 nitrogen and oxygen atoms in total. The van der Waals surface area contributed by atoms with E-state index in [-0.39, 0.29) is 18.9 Å². The van der Waals surface area contributed by atoms with Crippen LogP contribution in [0, 0.1) is 0 Å². The molecule has 0 aliphatic rings. The fraction of sp³-hybridized carbons (Fsp3) is 0.0769. The van der Waals surface area contributed by atoms with Crippen LogP contribution in [0.5, 0.6) is 0 Å². The lowest BCUT2D eigenvalue weighted by Gasteiger charge is -2.11. The van der Waals surface area contributed by atoms with Gasteiger partial charge < -0.3 is 21.1 Å². The number of nitrogens with zero attached hydrogens (tertiary/aromatic N) is 3. The van der Waals surface area contributed by atoms with Gasteiger partial charge in [0.1, 0.15) is 0 Å². The quantitative estimate of drug-likeness (QED) is 0.176. The van der Waals surface area contributed by atoms with Gasteiger partial charge in [-0.15, -0.1) is 0 Å². The summed E-state index contributed by atoms with van der Waals surface area (Å²) < 4.78 is 0. The highest BCUT2D eigenvalue weighted by Crippen LogP contribution is 2.20. The van der Waals surface area contributed by atoms with Crippen LogP contribution in [0.1, 0.15) is 15.9 Å². The molecule has 4 rings (SSSR count). The first-order valence-corrected chi connectivity index (χ1v) is 11.2. The van der Waals surface area contributed by atoms with Gasteiger partial charge in [-0.25, -0.2) is 0 Å². The van der Waals surface area contributed by atoms with Gasteiger partial charge in [-0.2, -0.15) is 15.0 Å². The molecular formula is C26H23ClN6O2. The summed E-state index contributed by atoms with van der Waals surface area (Å²) in [5.74, 6) is 0.805. The second-order valence-electron chi connectivity index (χ2n) is 7.40. The van der Waals surface area contributed by atoms with Crippen LogP contribution in [0.15, 0.2) is 84.9 Å². The number of aliphatic hydroxyl groups is 1. The molecule has 9 heteroatoms. The highest BCUT2D eigenvalue weighted by molar-refractivity contribution is 6.30. The Balaban J connectivity index is 1.48. The summed E-state index contributed by atoms with van der Waals surface area (Å²) in [7, 11) is 0. The van der Waals surface area contributed by atoms with E-state index in [0.29, 0.717) is 34.1 Å². The Morgan fingerprint density at radius 2 is 1.37 bits per heavy atom. The third-order valence-electron chi connectivity index (χ3n) is 4.78. The Labute approximate surface area is 207 Å². The molecule has 0 spiro atoms. The fourth-order valence-electron chi connectivity index (χ4n) is 3.08. The number of carbonyl (C=O) groups excluding carboxylic acids is 1. The van der Waals surface area contributed by atoms with Gasteiger partial charge in [-0.3, -0.25) is 4.79 Å². The number of allylic oxidation sites excluding steroid dienone is 1. The normalized spacial score (nSPS) is 10.8. The average molecular weight is 487 g/mol. The van der Waals surface area contributed by atoms with Crippen molar-refractivity contribution < 1.29 is 9.90 Å². The Bertz CT molecular complexity index is 1300. The third kappa shape index (κ3) is 7.10. The number of halogens is 1. The molecule has 0 fully saturated rings. The summed E-state index contributed by atoms with van der Waals surface area (Å²) in [6, 6.07) is 23.8. The molecular weight excluding hydrogens is 464 g/mol. The highest BCUT2D eigenvalue weighted by Gasteiger charge is 2.09. The second kappa shape index (κ2) is 11.7. The van der Waals surface area contributed by atoms with Gasteiger partial charge >= 0.3 is 0 Å². The number of anilines is 5. The van der Waals surface area contributed by atoms with Gasteiger partial charge in [0.15, 0.2) is 5.78 Å². The molecule has 0 bridgehead atoms. The van der Waals surface area contributed by atoms with Crippen LogP contribution in [0.3, 0.4) is 0 Å². The molecule has 1 aromatic heterocycles. The average Bonchev–Trinajstić information content (AvgIpc) is 2.88. The molecule has 0 saturated heterocycles. The topological polar surface area (TPSA) is 112 Å². The Morgan fingerprint density at radius 1 is 0.800 bits per heavy atom.